The molecule has 1 saturated heterocycles. The molecule has 3 heterocycles. The van der Waals surface area contributed by atoms with Crippen molar-refractivity contribution < 1.29 is 0 Å². The average molecular weight is 210 g/mol. The Morgan fingerprint density at radius 1 is 1.50 bits per heavy atom. The minimum atomic E-state index is 0.605. The molecule has 2 aliphatic rings. The monoisotopic (exact) mass is 210 g/mol. The van der Waals surface area contributed by atoms with Gasteiger partial charge in [-0.15, -0.1) is 0 Å². The lowest BCUT2D eigenvalue weighted by Crippen LogP contribution is -2.44. The fraction of sp³-hybridized carbons (Fsp3) is 0.778. The smallest absolute Gasteiger partial charge is 0.165 e. The molecule has 0 amide bonds. The van der Waals surface area contributed by atoms with E-state index < -0.39 is 0 Å². The SMILES string of the molecule is CN1CC2CCNCC2c2nsnc21. The Bertz CT molecular complexity index is 337. The van der Waals surface area contributed by atoms with Gasteiger partial charge in [-0.3, -0.25) is 0 Å². The van der Waals surface area contributed by atoms with E-state index in [0.29, 0.717) is 5.92 Å². The highest BCUT2D eigenvalue weighted by molar-refractivity contribution is 6.99. The highest BCUT2D eigenvalue weighted by Crippen LogP contribution is 2.38. The molecule has 2 aliphatic heterocycles. The Morgan fingerprint density at radius 2 is 2.43 bits per heavy atom. The van der Waals surface area contributed by atoms with Gasteiger partial charge in [-0.05, 0) is 18.9 Å². The van der Waals surface area contributed by atoms with Crippen molar-refractivity contribution in [2.24, 2.45) is 5.92 Å². The van der Waals surface area contributed by atoms with Crippen LogP contribution in [0.3, 0.4) is 0 Å². The minimum absolute atomic E-state index is 0.605. The third-order valence-corrected chi connectivity index (χ3v) is 3.87. The summed E-state index contributed by atoms with van der Waals surface area (Å²) in [6, 6.07) is 0. The van der Waals surface area contributed by atoms with Crippen molar-refractivity contribution >= 4 is 17.5 Å². The van der Waals surface area contributed by atoms with Crippen LogP contribution >= 0.6 is 11.7 Å². The zero-order valence-corrected chi connectivity index (χ0v) is 9.05. The number of rotatable bonds is 0. The predicted octanol–water partition coefficient (Wildman–Crippen LogP) is 0.681. The van der Waals surface area contributed by atoms with E-state index in [1.807, 2.05) is 0 Å². The molecule has 3 rings (SSSR count). The molecule has 0 aliphatic carbocycles. The van der Waals surface area contributed by atoms with Crippen molar-refractivity contribution in [2.75, 3.05) is 31.6 Å². The minimum Gasteiger partial charge on any atom is -0.357 e. The molecule has 1 fully saturated rings. The first-order valence-electron chi connectivity index (χ1n) is 5.10. The quantitative estimate of drug-likeness (QED) is 0.684. The van der Waals surface area contributed by atoms with Crippen LogP contribution in [0.4, 0.5) is 5.82 Å². The van der Waals surface area contributed by atoms with Gasteiger partial charge in [-0.1, -0.05) is 0 Å². The molecule has 0 radical (unpaired) electrons. The molecule has 2 atom stereocenters. The second-order valence-electron chi connectivity index (χ2n) is 4.21. The lowest BCUT2D eigenvalue weighted by molar-refractivity contribution is 0.312. The molecule has 2 unspecified atom stereocenters. The van der Waals surface area contributed by atoms with E-state index >= 15 is 0 Å². The highest BCUT2D eigenvalue weighted by Gasteiger charge is 2.36. The number of hydrogen-bond donors (Lipinski definition) is 1. The fourth-order valence-electron chi connectivity index (χ4n) is 2.58. The summed E-state index contributed by atoms with van der Waals surface area (Å²) >= 11 is 1.35. The molecule has 1 aromatic rings. The van der Waals surface area contributed by atoms with E-state index in [-0.39, 0.29) is 0 Å². The summed E-state index contributed by atoms with van der Waals surface area (Å²) in [4.78, 5) is 2.26. The molecule has 0 bridgehead atoms. The number of aromatic nitrogens is 2. The Kier molecular flexibility index (Phi) is 1.95. The van der Waals surface area contributed by atoms with Gasteiger partial charge in [0.2, 0.25) is 0 Å². The second kappa shape index (κ2) is 3.17. The van der Waals surface area contributed by atoms with Gasteiger partial charge in [0, 0.05) is 26.1 Å². The third-order valence-electron chi connectivity index (χ3n) is 3.34. The summed E-state index contributed by atoms with van der Waals surface area (Å²) in [5, 5.41) is 3.45. The van der Waals surface area contributed by atoms with Crippen LogP contribution < -0.4 is 10.2 Å². The van der Waals surface area contributed by atoms with Crippen LogP contribution in [0.1, 0.15) is 18.0 Å². The summed E-state index contributed by atoms with van der Waals surface area (Å²) < 4.78 is 8.80. The standard InChI is InChI=1S/C9H14N4S/c1-13-5-6-2-3-10-4-7(6)8-9(13)12-14-11-8/h6-7,10H,2-5H2,1H3. The average Bonchev–Trinajstić information content (AvgIpc) is 2.67. The highest BCUT2D eigenvalue weighted by atomic mass is 32.1. The normalized spacial score (nSPS) is 31.1. The first kappa shape index (κ1) is 8.61. The van der Waals surface area contributed by atoms with Crippen LogP contribution in [0.15, 0.2) is 0 Å². The summed E-state index contributed by atoms with van der Waals surface area (Å²) in [6.07, 6.45) is 1.27. The van der Waals surface area contributed by atoms with Crippen LogP contribution in [0.5, 0.6) is 0 Å². The first-order valence-corrected chi connectivity index (χ1v) is 5.83. The Morgan fingerprint density at radius 3 is 3.36 bits per heavy atom. The van der Waals surface area contributed by atoms with Crippen LogP contribution in [0.2, 0.25) is 0 Å². The Hall–Kier alpha value is -0.680. The van der Waals surface area contributed by atoms with E-state index in [4.69, 9.17) is 0 Å². The molecule has 14 heavy (non-hydrogen) atoms. The number of fused-ring (bicyclic) bond motifs is 3. The van der Waals surface area contributed by atoms with Crippen molar-refractivity contribution in [2.45, 2.75) is 12.3 Å². The fourth-order valence-corrected chi connectivity index (χ4v) is 3.24. The maximum atomic E-state index is 4.44. The van der Waals surface area contributed by atoms with Crippen molar-refractivity contribution in [1.29, 1.82) is 0 Å². The van der Waals surface area contributed by atoms with Crippen molar-refractivity contribution in [3.63, 3.8) is 0 Å². The third kappa shape index (κ3) is 1.15. The summed E-state index contributed by atoms with van der Waals surface area (Å²) in [7, 11) is 2.12. The lowest BCUT2D eigenvalue weighted by Gasteiger charge is -2.38. The molecule has 1 aromatic heterocycles. The Labute approximate surface area is 87.6 Å². The number of nitrogens with zero attached hydrogens (tertiary/aromatic N) is 3. The molecule has 0 saturated carbocycles. The maximum Gasteiger partial charge on any atom is 0.165 e. The van der Waals surface area contributed by atoms with Gasteiger partial charge in [0.05, 0.1) is 11.7 Å². The van der Waals surface area contributed by atoms with Gasteiger partial charge in [-0.25, -0.2) is 0 Å². The van der Waals surface area contributed by atoms with Crippen LogP contribution in [0, 0.1) is 5.92 Å². The van der Waals surface area contributed by atoms with Crippen molar-refractivity contribution in [3.05, 3.63) is 5.69 Å². The second-order valence-corrected chi connectivity index (χ2v) is 4.74. The van der Waals surface area contributed by atoms with Gasteiger partial charge < -0.3 is 10.2 Å². The van der Waals surface area contributed by atoms with Crippen LogP contribution in [-0.4, -0.2) is 35.4 Å². The zero-order chi connectivity index (χ0) is 9.54. The number of anilines is 1. The van der Waals surface area contributed by atoms with Crippen LogP contribution in [-0.2, 0) is 0 Å². The lowest BCUT2D eigenvalue weighted by atomic mass is 9.81. The van der Waals surface area contributed by atoms with E-state index in [2.05, 4.69) is 26.0 Å². The maximum absolute atomic E-state index is 4.44. The summed E-state index contributed by atoms with van der Waals surface area (Å²) in [5.41, 5.74) is 1.22. The van der Waals surface area contributed by atoms with Crippen LogP contribution in [0.25, 0.3) is 0 Å². The molecule has 0 spiro atoms. The van der Waals surface area contributed by atoms with E-state index in [1.165, 1.54) is 23.8 Å². The molecule has 4 nitrogen and oxygen atoms in total. The molecule has 1 N–H and O–H groups in total. The zero-order valence-electron chi connectivity index (χ0n) is 8.23. The van der Waals surface area contributed by atoms with Gasteiger partial charge in [0.1, 0.15) is 5.69 Å². The van der Waals surface area contributed by atoms with Gasteiger partial charge >= 0.3 is 0 Å². The molecule has 0 aromatic carbocycles. The first-order chi connectivity index (χ1) is 6.86. The van der Waals surface area contributed by atoms with E-state index in [9.17, 15) is 0 Å². The van der Waals surface area contributed by atoms with Gasteiger partial charge in [0.25, 0.3) is 0 Å². The molecular weight excluding hydrogens is 196 g/mol. The number of hydrogen-bond acceptors (Lipinski definition) is 5. The molecule has 5 heteroatoms. The van der Waals surface area contributed by atoms with Gasteiger partial charge in [-0.2, -0.15) is 8.75 Å². The Balaban J connectivity index is 2.00. The molecular formula is C9H14N4S. The summed E-state index contributed by atoms with van der Waals surface area (Å²) in [6.45, 7) is 3.38. The largest absolute Gasteiger partial charge is 0.357 e. The molecule has 76 valence electrons. The summed E-state index contributed by atoms with van der Waals surface area (Å²) in [5.74, 6) is 2.49. The van der Waals surface area contributed by atoms with E-state index in [0.717, 1.165) is 31.4 Å². The topological polar surface area (TPSA) is 41.0 Å². The van der Waals surface area contributed by atoms with Gasteiger partial charge in [0.15, 0.2) is 5.82 Å². The van der Waals surface area contributed by atoms with E-state index in [1.54, 1.807) is 0 Å². The number of piperidine rings is 1. The number of nitrogens with one attached hydrogen (secondary N) is 1. The predicted molar refractivity (Wildman–Crippen MR) is 56.9 cm³/mol. The van der Waals surface area contributed by atoms with Crippen molar-refractivity contribution in [3.8, 4) is 0 Å². The van der Waals surface area contributed by atoms with Crippen molar-refractivity contribution in [1.82, 2.24) is 14.1 Å².